The van der Waals surface area contributed by atoms with Crippen LogP contribution in [0.1, 0.15) is 0 Å². The van der Waals surface area contributed by atoms with Crippen molar-refractivity contribution in [2.75, 3.05) is 11.8 Å². The molecule has 0 aliphatic carbocycles. The van der Waals surface area contributed by atoms with Crippen molar-refractivity contribution in [3.8, 4) is 5.75 Å². The Morgan fingerprint density at radius 3 is 2.55 bits per heavy atom. The molecule has 1 N–H and O–H groups in total. The molecule has 0 aliphatic heterocycles. The minimum atomic E-state index is -3.81. The smallest absolute Gasteiger partial charge is 0.262 e. The Morgan fingerprint density at radius 1 is 1.20 bits per heavy atom. The first-order valence-electron chi connectivity index (χ1n) is 5.55. The van der Waals surface area contributed by atoms with E-state index >= 15 is 0 Å². The van der Waals surface area contributed by atoms with Gasteiger partial charge in [-0.25, -0.2) is 12.8 Å². The van der Waals surface area contributed by atoms with E-state index in [2.05, 4.69) is 20.7 Å². The summed E-state index contributed by atoms with van der Waals surface area (Å²) in [6.07, 6.45) is 0. The largest absolute Gasteiger partial charge is 0.492 e. The molecule has 0 bridgehead atoms. The molecule has 20 heavy (non-hydrogen) atoms. The van der Waals surface area contributed by atoms with E-state index in [0.717, 1.165) is 0 Å². The molecule has 7 heteroatoms. The van der Waals surface area contributed by atoms with Crippen molar-refractivity contribution in [2.45, 2.75) is 4.90 Å². The second-order valence-electron chi connectivity index (χ2n) is 3.88. The van der Waals surface area contributed by atoms with Crippen LogP contribution in [0.25, 0.3) is 0 Å². The van der Waals surface area contributed by atoms with E-state index < -0.39 is 15.8 Å². The Morgan fingerprint density at radius 2 is 1.90 bits per heavy atom. The van der Waals surface area contributed by atoms with E-state index in [4.69, 9.17) is 4.74 Å². The number of anilines is 1. The SMILES string of the molecule is COc1c(F)cccc1NS(=O)(=O)c1cccc(Br)c1. The van der Waals surface area contributed by atoms with Gasteiger partial charge in [-0.15, -0.1) is 0 Å². The van der Waals surface area contributed by atoms with Crippen LogP contribution in [0, 0.1) is 5.82 Å². The van der Waals surface area contributed by atoms with E-state index in [1.165, 1.54) is 37.4 Å². The summed E-state index contributed by atoms with van der Waals surface area (Å²) in [5, 5.41) is 0. The molecule has 2 rings (SSSR count). The van der Waals surface area contributed by atoms with Crippen LogP contribution in [0.3, 0.4) is 0 Å². The van der Waals surface area contributed by atoms with E-state index in [1.807, 2.05) is 0 Å². The monoisotopic (exact) mass is 359 g/mol. The van der Waals surface area contributed by atoms with E-state index in [9.17, 15) is 12.8 Å². The summed E-state index contributed by atoms with van der Waals surface area (Å²) in [4.78, 5) is 0.0678. The fraction of sp³-hybridized carbons (Fsp3) is 0.0769. The number of hydrogen-bond acceptors (Lipinski definition) is 3. The van der Waals surface area contributed by atoms with Gasteiger partial charge in [0.1, 0.15) is 0 Å². The molecule has 0 fully saturated rings. The molecule has 0 atom stereocenters. The molecule has 2 aromatic rings. The van der Waals surface area contributed by atoms with Gasteiger partial charge in [0.05, 0.1) is 17.7 Å². The number of rotatable bonds is 4. The maximum Gasteiger partial charge on any atom is 0.262 e. The van der Waals surface area contributed by atoms with Gasteiger partial charge >= 0.3 is 0 Å². The standard InChI is InChI=1S/C13H11BrFNO3S/c1-19-13-11(15)6-3-7-12(13)16-20(17,18)10-5-2-4-9(14)8-10/h2-8,16H,1H3. The van der Waals surface area contributed by atoms with Gasteiger partial charge in [0, 0.05) is 4.47 Å². The van der Waals surface area contributed by atoms with Crippen LogP contribution >= 0.6 is 15.9 Å². The Balaban J connectivity index is 2.41. The zero-order valence-corrected chi connectivity index (χ0v) is 12.8. The van der Waals surface area contributed by atoms with Crippen LogP contribution in [0.5, 0.6) is 5.75 Å². The van der Waals surface area contributed by atoms with Crippen LogP contribution in [-0.4, -0.2) is 15.5 Å². The molecule has 2 aromatic carbocycles. The minimum Gasteiger partial charge on any atom is -0.492 e. The van der Waals surface area contributed by atoms with E-state index in [0.29, 0.717) is 4.47 Å². The third-order valence-corrected chi connectivity index (χ3v) is 4.38. The lowest BCUT2D eigenvalue weighted by Crippen LogP contribution is -2.14. The molecule has 0 spiro atoms. The molecular formula is C13H11BrFNO3S. The highest BCUT2D eigenvalue weighted by Crippen LogP contribution is 2.29. The highest BCUT2D eigenvalue weighted by atomic mass is 79.9. The van der Waals surface area contributed by atoms with Gasteiger partial charge in [0.15, 0.2) is 11.6 Å². The fourth-order valence-corrected chi connectivity index (χ4v) is 3.29. The number of benzene rings is 2. The Labute approximate surface area is 124 Å². The third-order valence-electron chi connectivity index (χ3n) is 2.52. The Bertz CT molecular complexity index is 734. The molecule has 0 radical (unpaired) electrons. The normalized spacial score (nSPS) is 11.2. The van der Waals surface area contributed by atoms with Crippen LogP contribution in [0.4, 0.5) is 10.1 Å². The average molecular weight is 360 g/mol. The molecule has 0 aliphatic rings. The quantitative estimate of drug-likeness (QED) is 0.909. The van der Waals surface area contributed by atoms with Gasteiger partial charge in [0.2, 0.25) is 0 Å². The molecule has 0 amide bonds. The van der Waals surface area contributed by atoms with Crippen molar-refractivity contribution < 1.29 is 17.5 Å². The maximum absolute atomic E-state index is 13.5. The summed E-state index contributed by atoms with van der Waals surface area (Å²) in [5.74, 6) is -0.784. The molecule has 0 unspecified atom stereocenters. The molecule has 0 saturated carbocycles. The zero-order chi connectivity index (χ0) is 14.8. The third kappa shape index (κ3) is 3.10. The summed E-state index contributed by atoms with van der Waals surface area (Å²) in [6, 6.07) is 10.2. The van der Waals surface area contributed by atoms with Gasteiger partial charge in [-0.1, -0.05) is 28.1 Å². The lowest BCUT2D eigenvalue weighted by Gasteiger charge is -2.12. The van der Waals surface area contributed by atoms with Gasteiger partial charge in [-0.05, 0) is 30.3 Å². The molecule has 0 heterocycles. The number of methoxy groups -OCH3 is 1. The maximum atomic E-state index is 13.5. The van der Waals surface area contributed by atoms with Crippen molar-refractivity contribution in [2.24, 2.45) is 0 Å². The second-order valence-corrected chi connectivity index (χ2v) is 6.48. The molecule has 0 aromatic heterocycles. The Kier molecular flexibility index (Phi) is 4.29. The highest BCUT2D eigenvalue weighted by molar-refractivity contribution is 9.10. The van der Waals surface area contributed by atoms with Crippen molar-refractivity contribution in [3.05, 3.63) is 52.8 Å². The predicted molar refractivity (Wildman–Crippen MR) is 77.9 cm³/mol. The van der Waals surface area contributed by atoms with E-state index in [-0.39, 0.29) is 16.3 Å². The Hall–Kier alpha value is -1.60. The molecule has 0 saturated heterocycles. The lowest BCUT2D eigenvalue weighted by atomic mass is 10.3. The van der Waals surface area contributed by atoms with E-state index in [1.54, 1.807) is 12.1 Å². The lowest BCUT2D eigenvalue weighted by molar-refractivity contribution is 0.389. The summed E-state index contributed by atoms with van der Waals surface area (Å²) in [5.41, 5.74) is 0.0486. The first-order chi connectivity index (χ1) is 9.44. The molecular weight excluding hydrogens is 349 g/mol. The summed E-state index contributed by atoms with van der Waals surface area (Å²) >= 11 is 3.20. The van der Waals surface area contributed by atoms with Crippen LogP contribution in [0.15, 0.2) is 51.8 Å². The number of para-hydroxylation sites is 1. The van der Waals surface area contributed by atoms with Crippen molar-refractivity contribution >= 4 is 31.6 Å². The first kappa shape index (κ1) is 14.8. The van der Waals surface area contributed by atoms with Gasteiger partial charge in [0.25, 0.3) is 10.0 Å². The number of halogens is 2. The second kappa shape index (κ2) is 5.80. The predicted octanol–water partition coefficient (Wildman–Crippen LogP) is 3.40. The number of ether oxygens (including phenoxy) is 1. The zero-order valence-electron chi connectivity index (χ0n) is 10.4. The summed E-state index contributed by atoms with van der Waals surface area (Å²) in [7, 11) is -2.54. The van der Waals surface area contributed by atoms with Gasteiger partial charge in [-0.2, -0.15) is 0 Å². The van der Waals surface area contributed by atoms with Crippen molar-refractivity contribution in [3.63, 3.8) is 0 Å². The minimum absolute atomic E-state index is 0.0486. The van der Waals surface area contributed by atoms with Crippen LogP contribution < -0.4 is 9.46 Å². The fourth-order valence-electron chi connectivity index (χ4n) is 1.63. The molecule has 106 valence electrons. The van der Waals surface area contributed by atoms with Crippen molar-refractivity contribution in [1.82, 2.24) is 0 Å². The van der Waals surface area contributed by atoms with Gasteiger partial charge in [-0.3, -0.25) is 4.72 Å². The molecule has 4 nitrogen and oxygen atoms in total. The van der Waals surface area contributed by atoms with Crippen molar-refractivity contribution in [1.29, 1.82) is 0 Å². The first-order valence-corrected chi connectivity index (χ1v) is 7.82. The van der Waals surface area contributed by atoms with Gasteiger partial charge < -0.3 is 4.74 Å². The average Bonchev–Trinajstić information content (AvgIpc) is 2.38. The number of hydrogen-bond donors (Lipinski definition) is 1. The van der Waals surface area contributed by atoms with Crippen LogP contribution in [0.2, 0.25) is 0 Å². The number of sulfonamides is 1. The summed E-state index contributed by atoms with van der Waals surface area (Å²) < 4.78 is 45.8. The highest BCUT2D eigenvalue weighted by Gasteiger charge is 2.18. The topological polar surface area (TPSA) is 55.4 Å². The summed E-state index contributed by atoms with van der Waals surface area (Å²) in [6.45, 7) is 0. The van der Waals surface area contributed by atoms with Crippen LogP contribution in [-0.2, 0) is 10.0 Å². The number of nitrogens with one attached hydrogen (secondary N) is 1.